The highest BCUT2D eigenvalue weighted by molar-refractivity contribution is 5.82. The van der Waals surface area contributed by atoms with Gasteiger partial charge in [-0.3, -0.25) is 4.79 Å². The van der Waals surface area contributed by atoms with Gasteiger partial charge in [-0.05, 0) is 24.6 Å². The predicted molar refractivity (Wildman–Crippen MR) is 58.3 cm³/mol. The number of nitrogens with two attached hydrogens (primary N) is 1. The van der Waals surface area contributed by atoms with Crippen molar-refractivity contribution in [3.63, 3.8) is 0 Å². The van der Waals surface area contributed by atoms with Crippen LogP contribution in [0.1, 0.15) is 18.9 Å². The summed E-state index contributed by atoms with van der Waals surface area (Å²) in [4.78, 5) is 11.0. The molecule has 1 aromatic rings. The fourth-order valence-corrected chi connectivity index (χ4v) is 1.36. The minimum Gasteiger partial charge on any atom is -0.374 e. The molecule has 17 heavy (non-hydrogen) atoms. The van der Waals surface area contributed by atoms with Crippen molar-refractivity contribution in [2.24, 2.45) is 5.73 Å². The molecule has 0 radical (unpaired) electrons. The molecule has 0 aromatic heterocycles. The molecule has 0 fully saturated rings. The van der Waals surface area contributed by atoms with Gasteiger partial charge in [-0.2, -0.15) is 13.2 Å². The number of anilines is 1. The summed E-state index contributed by atoms with van der Waals surface area (Å²) in [5.41, 5.74) is 4.56. The van der Waals surface area contributed by atoms with E-state index in [4.69, 9.17) is 5.73 Å². The lowest BCUT2D eigenvalue weighted by molar-refractivity contribution is -0.137. The number of carbonyl (C=O) groups excluding carboxylic acids is 1. The van der Waals surface area contributed by atoms with Crippen molar-refractivity contribution in [2.75, 3.05) is 5.32 Å². The number of primary amides is 1. The summed E-state index contributed by atoms with van der Waals surface area (Å²) < 4.78 is 37.3. The quantitative estimate of drug-likeness (QED) is 0.857. The van der Waals surface area contributed by atoms with Gasteiger partial charge in [-0.1, -0.05) is 13.0 Å². The molecule has 1 amide bonds. The van der Waals surface area contributed by atoms with Gasteiger partial charge in [0.1, 0.15) is 6.04 Å². The predicted octanol–water partition coefficient (Wildman–Crippen LogP) is 2.38. The third kappa shape index (κ3) is 3.65. The molecule has 0 aliphatic heterocycles. The van der Waals surface area contributed by atoms with Gasteiger partial charge < -0.3 is 11.1 Å². The highest BCUT2D eigenvalue weighted by Gasteiger charge is 2.30. The number of amides is 1. The molecule has 1 unspecified atom stereocenters. The number of nitrogens with one attached hydrogen (secondary N) is 1. The number of benzene rings is 1. The Balaban J connectivity index is 2.89. The first kappa shape index (κ1) is 13.3. The Morgan fingerprint density at radius 2 is 2.12 bits per heavy atom. The molecule has 3 nitrogen and oxygen atoms in total. The Bertz CT molecular complexity index is 404. The van der Waals surface area contributed by atoms with Crippen LogP contribution in [0.4, 0.5) is 18.9 Å². The third-order valence-corrected chi connectivity index (χ3v) is 2.28. The van der Waals surface area contributed by atoms with Crippen molar-refractivity contribution in [1.29, 1.82) is 0 Å². The second-order valence-corrected chi connectivity index (χ2v) is 3.59. The summed E-state index contributed by atoms with van der Waals surface area (Å²) in [5.74, 6) is -0.593. The first-order chi connectivity index (χ1) is 7.84. The summed E-state index contributed by atoms with van der Waals surface area (Å²) in [6, 6.07) is 3.99. The summed E-state index contributed by atoms with van der Waals surface area (Å²) in [6.07, 6.45) is -3.99. The van der Waals surface area contributed by atoms with Crippen LogP contribution in [0.3, 0.4) is 0 Å². The van der Waals surface area contributed by atoms with Gasteiger partial charge in [0, 0.05) is 5.69 Å². The first-order valence-corrected chi connectivity index (χ1v) is 5.07. The highest BCUT2D eigenvalue weighted by atomic mass is 19.4. The Morgan fingerprint density at radius 1 is 1.47 bits per heavy atom. The summed E-state index contributed by atoms with van der Waals surface area (Å²) in [5, 5.41) is 2.67. The highest BCUT2D eigenvalue weighted by Crippen LogP contribution is 2.30. The zero-order valence-electron chi connectivity index (χ0n) is 9.21. The number of rotatable bonds is 4. The van der Waals surface area contributed by atoms with E-state index in [1.165, 1.54) is 12.1 Å². The van der Waals surface area contributed by atoms with Crippen molar-refractivity contribution in [1.82, 2.24) is 0 Å². The maximum atomic E-state index is 12.4. The van der Waals surface area contributed by atoms with Gasteiger partial charge in [-0.15, -0.1) is 0 Å². The van der Waals surface area contributed by atoms with Crippen LogP contribution >= 0.6 is 0 Å². The standard InChI is InChI=1S/C11H13F3N2O/c1-2-9(10(15)17)16-8-5-3-4-7(6-8)11(12,13)14/h3-6,9,16H,2H2,1H3,(H2,15,17). The van der Waals surface area contributed by atoms with Crippen molar-refractivity contribution < 1.29 is 18.0 Å². The average Bonchev–Trinajstić information content (AvgIpc) is 2.24. The lowest BCUT2D eigenvalue weighted by atomic mass is 10.1. The third-order valence-electron chi connectivity index (χ3n) is 2.28. The van der Waals surface area contributed by atoms with E-state index in [1.54, 1.807) is 6.92 Å². The molecule has 1 atom stereocenters. The molecular weight excluding hydrogens is 233 g/mol. The Morgan fingerprint density at radius 3 is 2.59 bits per heavy atom. The van der Waals surface area contributed by atoms with Gasteiger partial charge in [0.05, 0.1) is 5.56 Å². The fraction of sp³-hybridized carbons (Fsp3) is 0.364. The summed E-state index contributed by atoms with van der Waals surface area (Å²) >= 11 is 0. The van der Waals surface area contributed by atoms with Gasteiger partial charge in [0.25, 0.3) is 0 Å². The molecule has 3 N–H and O–H groups in total. The lowest BCUT2D eigenvalue weighted by Crippen LogP contribution is -2.34. The van der Waals surface area contributed by atoms with E-state index in [0.717, 1.165) is 12.1 Å². The summed E-state index contributed by atoms with van der Waals surface area (Å²) in [7, 11) is 0. The van der Waals surface area contributed by atoms with Crippen LogP contribution in [-0.4, -0.2) is 11.9 Å². The van der Waals surface area contributed by atoms with Crippen LogP contribution in [-0.2, 0) is 11.0 Å². The summed E-state index contributed by atoms with van der Waals surface area (Å²) in [6.45, 7) is 1.72. The smallest absolute Gasteiger partial charge is 0.374 e. The number of halogens is 3. The van der Waals surface area contributed by atoms with E-state index in [0.29, 0.717) is 6.42 Å². The largest absolute Gasteiger partial charge is 0.416 e. The van der Waals surface area contributed by atoms with Crippen molar-refractivity contribution in [3.05, 3.63) is 29.8 Å². The van der Waals surface area contributed by atoms with Crippen LogP contribution < -0.4 is 11.1 Å². The normalized spacial score (nSPS) is 13.2. The van der Waals surface area contributed by atoms with Gasteiger partial charge in [0.2, 0.25) is 5.91 Å². The van der Waals surface area contributed by atoms with Crippen molar-refractivity contribution in [3.8, 4) is 0 Å². The molecular formula is C11H13F3N2O. The van der Waals surface area contributed by atoms with E-state index in [9.17, 15) is 18.0 Å². The molecule has 1 aromatic carbocycles. The van der Waals surface area contributed by atoms with Crippen LogP contribution in [0.15, 0.2) is 24.3 Å². The minimum absolute atomic E-state index is 0.227. The van der Waals surface area contributed by atoms with E-state index < -0.39 is 23.7 Å². The maximum absolute atomic E-state index is 12.4. The van der Waals surface area contributed by atoms with Crippen LogP contribution in [0.5, 0.6) is 0 Å². The topological polar surface area (TPSA) is 55.1 Å². The molecule has 6 heteroatoms. The number of hydrogen-bond donors (Lipinski definition) is 2. The van der Waals surface area contributed by atoms with Crippen LogP contribution in [0.25, 0.3) is 0 Å². The van der Waals surface area contributed by atoms with Crippen LogP contribution in [0.2, 0.25) is 0 Å². The maximum Gasteiger partial charge on any atom is 0.416 e. The van der Waals surface area contributed by atoms with Crippen molar-refractivity contribution >= 4 is 11.6 Å². The molecule has 0 spiro atoms. The fourth-order valence-electron chi connectivity index (χ4n) is 1.36. The average molecular weight is 246 g/mol. The molecule has 1 rings (SSSR count). The van der Waals surface area contributed by atoms with Crippen LogP contribution in [0, 0.1) is 0 Å². The van der Waals surface area contributed by atoms with Gasteiger partial charge in [0.15, 0.2) is 0 Å². The van der Waals surface area contributed by atoms with Gasteiger partial charge in [-0.25, -0.2) is 0 Å². The Hall–Kier alpha value is -1.72. The Labute approximate surface area is 96.8 Å². The van der Waals surface area contributed by atoms with E-state index in [2.05, 4.69) is 5.32 Å². The molecule has 0 aliphatic rings. The second kappa shape index (κ2) is 5.07. The number of alkyl halides is 3. The monoisotopic (exact) mass is 246 g/mol. The first-order valence-electron chi connectivity index (χ1n) is 5.07. The Kier molecular flexibility index (Phi) is 3.98. The zero-order chi connectivity index (χ0) is 13.1. The van der Waals surface area contributed by atoms with E-state index in [-0.39, 0.29) is 5.69 Å². The molecule has 0 saturated carbocycles. The SMILES string of the molecule is CCC(Nc1cccc(C(F)(F)F)c1)C(N)=O. The lowest BCUT2D eigenvalue weighted by Gasteiger charge is -2.16. The van der Waals surface area contributed by atoms with Crippen molar-refractivity contribution in [2.45, 2.75) is 25.6 Å². The number of hydrogen-bond acceptors (Lipinski definition) is 2. The molecule has 0 heterocycles. The zero-order valence-corrected chi connectivity index (χ0v) is 9.21. The molecule has 94 valence electrons. The second-order valence-electron chi connectivity index (χ2n) is 3.59. The van der Waals surface area contributed by atoms with Gasteiger partial charge >= 0.3 is 6.18 Å². The molecule has 0 saturated heterocycles. The van der Waals surface area contributed by atoms with E-state index in [1.807, 2.05) is 0 Å². The minimum atomic E-state index is -4.40. The molecule has 0 bridgehead atoms. The van der Waals surface area contributed by atoms with E-state index >= 15 is 0 Å². The number of carbonyl (C=O) groups is 1. The molecule has 0 aliphatic carbocycles.